The third-order valence-corrected chi connectivity index (χ3v) is 25.6. The third-order valence-electron chi connectivity index (χ3n) is 24.7. The number of aromatic nitrogens is 17. The molecule has 568 valence electrons. The molecule has 6 aliphatic rings. The monoisotopic (exact) mass is 1530 g/mol. The Balaban J connectivity index is 0.000000127. The molecule has 0 saturated heterocycles. The smallest absolute Gasteiger partial charge is 0.149 e. The average Bonchev–Trinajstić information content (AvgIpc) is 1.53. The zero-order chi connectivity index (χ0) is 78.6. The lowest BCUT2D eigenvalue weighted by molar-refractivity contribution is -0.117. The molecule has 0 unspecified atom stereocenters. The van der Waals surface area contributed by atoms with Crippen LogP contribution in [0.5, 0.6) is 0 Å². The lowest BCUT2D eigenvalue weighted by Crippen LogP contribution is -2.38. The maximum absolute atomic E-state index is 14.5. The summed E-state index contributed by atoms with van der Waals surface area (Å²) in [5.41, 5.74) is 9.85. The number of carbonyl (C=O) groups is 1. The molecule has 1 N–H and O–H groups in total. The number of aryl methyl sites for hydroxylation is 1. The highest BCUT2D eigenvalue weighted by molar-refractivity contribution is 7.90. The van der Waals surface area contributed by atoms with Gasteiger partial charge in [-0.2, -0.15) is 25.5 Å². The van der Waals surface area contributed by atoms with Crippen molar-refractivity contribution in [3.8, 4) is 79.9 Å². The van der Waals surface area contributed by atoms with E-state index in [4.69, 9.17) is 21.4 Å². The van der Waals surface area contributed by atoms with Crippen molar-refractivity contribution in [1.82, 2.24) is 85.0 Å². The SMILES string of the molecule is C#CCn1cc(-c2cncc([C@@]34CC[C@@H](c5cc(-c6c(F)cccc6F)nnc53)C4(C)C)n2)cn1.CC(=O)CCn1cc(-c2cncc([C@@]34CC[C@@H](c5cc(-c6c(F)cccc6F)nnc53)C4(C)C)n2)cn1.CC1(C)[C@H]2CC[C@]1(c1cncc(-c3ccc(NCCS(C)(=O)=O)nc3)n1)c1nnc(-c3c(F)cccc3F)cc12. The zero-order valence-electron chi connectivity index (χ0n) is 62.5. The molecule has 12 aromatic rings. The van der Waals surface area contributed by atoms with Crippen LogP contribution in [0.2, 0.25) is 0 Å². The number of pyridine rings is 1. The second kappa shape index (κ2) is 27.9. The van der Waals surface area contributed by atoms with Crippen LogP contribution in [0.3, 0.4) is 0 Å². The topological polar surface area (TPSA) is 266 Å². The number of nitrogens with zero attached hydrogens (tertiary/aromatic N) is 17. The predicted octanol–water partition coefficient (Wildman–Crippen LogP) is 15.1. The van der Waals surface area contributed by atoms with Crippen molar-refractivity contribution in [3.05, 3.63) is 239 Å². The van der Waals surface area contributed by atoms with Gasteiger partial charge < -0.3 is 5.32 Å². The van der Waals surface area contributed by atoms with Crippen LogP contribution < -0.4 is 5.32 Å². The van der Waals surface area contributed by atoms with Crippen molar-refractivity contribution in [2.24, 2.45) is 16.2 Å². The number of Topliss-reactive ketones (excluding diaryl/α,β-unsaturated/α-hetero) is 1. The molecule has 9 heterocycles. The van der Waals surface area contributed by atoms with Crippen LogP contribution in [0.4, 0.5) is 32.2 Å². The van der Waals surface area contributed by atoms with Crippen molar-refractivity contribution in [2.75, 3.05) is 23.9 Å². The lowest BCUT2D eigenvalue weighted by atomic mass is 9.66. The molecular formula is C84H76F6N18O3S. The summed E-state index contributed by atoms with van der Waals surface area (Å²) >= 11 is 0. The standard InChI is InChI=1S/C29H28F2N6O2S.C28H26F2N6O.C27H22F2N6/c1-28(2)19-9-10-29(28,27-18(19)13-22(36-37-27)26-20(30)5-4-6-21(26)31)24-16-32-15-23(35-24)17-7-8-25(34-14-17)33-11-12-40(3,38)39;1-16(37)8-10-36-15-17(12-32-36)23-13-31-14-24(33-23)28-9-7-19(27(28,2)3)18-11-22(34-35-26(18)28)25-20(29)5-4-6-21(25)30;1-4-10-35-15-16(12-31-35)22-13-30-14-23(32-22)27-9-8-18(26(27,2)3)17-11-21(33-34-25(17)27)24-19(28)6-5-7-20(24)29/h4-8,13-16,19H,9-12H2,1-3H3,(H,33,34);4-6,11-15,19H,7-10H2,1-3H3;1,5-7,11-15,18H,8-10H2,2-3H3/t19-,29-;19-,28-;18-,27-/m000/s1. The van der Waals surface area contributed by atoms with E-state index < -0.39 is 61.0 Å². The Morgan fingerprint density at radius 2 is 0.875 bits per heavy atom. The Morgan fingerprint density at radius 1 is 0.500 bits per heavy atom. The molecule has 0 spiro atoms. The van der Waals surface area contributed by atoms with Gasteiger partial charge in [0.1, 0.15) is 62.9 Å². The molecule has 0 amide bonds. The molecule has 18 rings (SSSR count). The van der Waals surface area contributed by atoms with Crippen LogP contribution in [-0.2, 0) is 44.0 Å². The van der Waals surface area contributed by atoms with E-state index in [9.17, 15) is 39.6 Å². The van der Waals surface area contributed by atoms with Gasteiger partial charge in [0.2, 0.25) is 0 Å². The van der Waals surface area contributed by atoms with Gasteiger partial charge >= 0.3 is 0 Å². The van der Waals surface area contributed by atoms with E-state index in [1.807, 2.05) is 18.5 Å². The predicted molar refractivity (Wildman–Crippen MR) is 406 cm³/mol. The van der Waals surface area contributed by atoms with Crippen molar-refractivity contribution >= 4 is 21.4 Å². The summed E-state index contributed by atoms with van der Waals surface area (Å²) in [6, 6.07) is 20.4. The average molecular weight is 1530 g/mol. The molecule has 28 heteroatoms. The molecular weight excluding hydrogens is 1460 g/mol. The van der Waals surface area contributed by atoms with E-state index in [-0.39, 0.29) is 85.9 Å². The summed E-state index contributed by atoms with van der Waals surface area (Å²) < 4.78 is 113. The number of hydrogen-bond donors (Lipinski definition) is 1. The number of ketones is 1. The number of hydrogen-bond acceptors (Lipinski definition) is 19. The van der Waals surface area contributed by atoms with Gasteiger partial charge in [-0.3, -0.25) is 29.1 Å². The Morgan fingerprint density at radius 3 is 1.23 bits per heavy atom. The minimum Gasteiger partial charge on any atom is -0.369 e. The Labute approximate surface area is 642 Å². The largest absolute Gasteiger partial charge is 0.369 e. The van der Waals surface area contributed by atoms with Crippen LogP contribution in [0.25, 0.3) is 67.5 Å². The van der Waals surface area contributed by atoms with E-state index in [1.54, 1.807) is 96.3 Å². The molecule has 3 fully saturated rings. The van der Waals surface area contributed by atoms with Crippen LogP contribution in [0.15, 0.2) is 153 Å². The number of fused-ring (bicyclic) bond motifs is 15. The molecule has 0 aliphatic heterocycles. The van der Waals surface area contributed by atoms with E-state index in [0.717, 1.165) is 106 Å². The minimum absolute atomic E-state index is 0.0178. The quantitative estimate of drug-likeness (QED) is 0.0655. The molecule has 9 aromatic heterocycles. The maximum atomic E-state index is 14.5. The van der Waals surface area contributed by atoms with E-state index in [1.165, 1.54) is 60.9 Å². The fourth-order valence-corrected chi connectivity index (χ4v) is 19.5. The second-order valence-electron chi connectivity index (χ2n) is 31.5. The number of nitrogens with one attached hydrogen (secondary N) is 1. The molecule has 0 radical (unpaired) electrons. The number of halogens is 6. The van der Waals surface area contributed by atoms with E-state index >= 15 is 0 Å². The number of sulfone groups is 1. The minimum atomic E-state index is -3.07. The number of terminal acetylenes is 1. The number of benzene rings is 3. The summed E-state index contributed by atoms with van der Waals surface area (Å²) in [4.78, 5) is 44.4. The molecule has 3 saturated carbocycles. The van der Waals surface area contributed by atoms with Crippen LogP contribution in [0, 0.1) is 63.5 Å². The molecule has 6 bridgehead atoms. The van der Waals surface area contributed by atoms with Gasteiger partial charge in [-0.1, -0.05) is 65.7 Å². The fourth-order valence-electron chi connectivity index (χ4n) is 19.0. The van der Waals surface area contributed by atoms with Gasteiger partial charge in [0, 0.05) is 79.6 Å². The third kappa shape index (κ3) is 12.1. The highest BCUT2D eigenvalue weighted by Crippen LogP contribution is 2.72. The van der Waals surface area contributed by atoms with Gasteiger partial charge in [0.05, 0.1) is 138 Å². The van der Waals surface area contributed by atoms with Gasteiger partial charge in [-0.15, -0.1) is 21.7 Å². The fraction of sp³-hybridized carbons (Fsp3) is 0.333. The van der Waals surface area contributed by atoms with Gasteiger partial charge in [-0.25, -0.2) is 54.7 Å². The lowest BCUT2D eigenvalue weighted by Gasteiger charge is -2.37. The Bertz CT molecular complexity index is 5870. The molecule has 6 aliphatic carbocycles. The summed E-state index contributed by atoms with van der Waals surface area (Å²) in [5, 5.41) is 38.3. The van der Waals surface area contributed by atoms with Crippen molar-refractivity contribution < 1.29 is 39.6 Å². The van der Waals surface area contributed by atoms with Crippen molar-refractivity contribution in [3.63, 3.8) is 0 Å². The van der Waals surface area contributed by atoms with Crippen LogP contribution in [-0.4, -0.2) is 118 Å². The Hall–Kier alpha value is -11.7. The summed E-state index contributed by atoms with van der Waals surface area (Å²) in [6.45, 7) is 15.9. The van der Waals surface area contributed by atoms with Crippen molar-refractivity contribution in [1.29, 1.82) is 0 Å². The summed E-state index contributed by atoms with van der Waals surface area (Å²) in [6.07, 6.45) is 31.5. The Kier molecular flexibility index (Phi) is 18.5. The zero-order valence-corrected chi connectivity index (χ0v) is 63.3. The first-order valence-electron chi connectivity index (χ1n) is 36.9. The maximum Gasteiger partial charge on any atom is 0.149 e. The van der Waals surface area contributed by atoms with Gasteiger partial charge in [-0.05, 0) is 163 Å². The van der Waals surface area contributed by atoms with Gasteiger partial charge in [0.15, 0.2) is 0 Å². The molecule has 112 heavy (non-hydrogen) atoms. The highest BCUT2D eigenvalue weighted by Gasteiger charge is 2.68. The summed E-state index contributed by atoms with van der Waals surface area (Å²) in [7, 11) is -3.07. The van der Waals surface area contributed by atoms with Crippen molar-refractivity contribution in [2.45, 2.75) is 141 Å². The normalized spacial score (nSPS) is 21.2. The first-order chi connectivity index (χ1) is 53.6. The molecule has 3 aromatic carbocycles. The summed E-state index contributed by atoms with van der Waals surface area (Å²) in [5.74, 6) is -0.274. The highest BCUT2D eigenvalue weighted by atomic mass is 32.2. The number of anilines is 1. The molecule has 6 atom stereocenters. The second-order valence-corrected chi connectivity index (χ2v) is 33.7. The number of rotatable bonds is 17. The molecule has 21 nitrogen and oxygen atoms in total. The van der Waals surface area contributed by atoms with Gasteiger partial charge in [0.25, 0.3) is 0 Å². The van der Waals surface area contributed by atoms with E-state index in [0.29, 0.717) is 42.4 Å². The first-order valence-corrected chi connectivity index (χ1v) is 39.0. The number of carbonyl (C=O) groups excluding carboxylic acids is 1. The van der Waals surface area contributed by atoms with Crippen LogP contribution >= 0.6 is 0 Å². The van der Waals surface area contributed by atoms with E-state index in [2.05, 4.69) is 114 Å². The first kappa shape index (κ1) is 74.4. The van der Waals surface area contributed by atoms with Crippen LogP contribution in [0.1, 0.15) is 162 Å².